The average Bonchev–Trinajstić information content (AvgIpc) is 2.33. The smallest absolute Gasteiger partial charge is 0.230 e. The van der Waals surface area contributed by atoms with Gasteiger partial charge in [0.25, 0.3) is 0 Å². The zero-order valence-corrected chi connectivity index (χ0v) is 10.7. The van der Waals surface area contributed by atoms with Crippen molar-refractivity contribution >= 4 is 17.7 Å². The van der Waals surface area contributed by atoms with Crippen LogP contribution in [0, 0.1) is 24.0 Å². The van der Waals surface area contributed by atoms with Gasteiger partial charge < -0.3 is 5.32 Å². The van der Waals surface area contributed by atoms with Crippen molar-refractivity contribution in [3.63, 3.8) is 0 Å². The van der Waals surface area contributed by atoms with Gasteiger partial charge in [0.15, 0.2) is 0 Å². The second-order valence-electron chi connectivity index (χ2n) is 3.57. The quantitative estimate of drug-likeness (QED) is 0.832. The van der Waals surface area contributed by atoms with E-state index in [2.05, 4.69) is 11.2 Å². The number of halogens is 2. The van der Waals surface area contributed by atoms with Gasteiger partial charge in [-0.15, -0.1) is 18.2 Å². The Hall–Kier alpha value is -1.54. The topological polar surface area (TPSA) is 29.1 Å². The molecule has 1 aromatic rings. The van der Waals surface area contributed by atoms with Crippen LogP contribution in [0.25, 0.3) is 0 Å². The molecule has 1 rings (SSSR count). The highest BCUT2D eigenvalue weighted by atomic mass is 32.2. The van der Waals surface area contributed by atoms with Crippen LogP contribution >= 0.6 is 11.8 Å². The number of thioether (sulfide) groups is 1. The Bertz CT molecular complexity index is 450. The maximum atomic E-state index is 13.4. The third kappa shape index (κ3) is 4.04. The van der Waals surface area contributed by atoms with Crippen LogP contribution < -0.4 is 5.32 Å². The monoisotopic (exact) mass is 269 g/mol. The van der Waals surface area contributed by atoms with E-state index < -0.39 is 16.9 Å². The molecule has 18 heavy (non-hydrogen) atoms. The molecule has 0 spiro atoms. The number of hydrogen-bond donors (Lipinski definition) is 1. The molecule has 0 bridgehead atoms. The van der Waals surface area contributed by atoms with Gasteiger partial charge in [-0.05, 0) is 19.1 Å². The number of hydrogen-bond acceptors (Lipinski definition) is 2. The summed E-state index contributed by atoms with van der Waals surface area (Å²) in [4.78, 5) is 11.3. The SMILES string of the molecule is C#CCNC(=O)CS[C@@H](C)c1c(F)cccc1F. The van der Waals surface area contributed by atoms with Gasteiger partial charge in [0.1, 0.15) is 11.6 Å². The van der Waals surface area contributed by atoms with E-state index in [1.165, 1.54) is 18.2 Å². The summed E-state index contributed by atoms with van der Waals surface area (Å²) in [6, 6.07) is 3.72. The van der Waals surface area contributed by atoms with Crippen LogP contribution in [0.4, 0.5) is 8.78 Å². The molecule has 0 aliphatic heterocycles. The predicted octanol–water partition coefficient (Wildman–Crippen LogP) is 2.51. The van der Waals surface area contributed by atoms with E-state index in [1.807, 2.05) is 0 Å². The third-order valence-electron chi connectivity index (χ3n) is 2.26. The minimum atomic E-state index is -0.598. The average molecular weight is 269 g/mol. The molecule has 5 heteroatoms. The molecule has 1 aromatic carbocycles. The lowest BCUT2D eigenvalue weighted by molar-refractivity contribution is -0.118. The molecule has 0 saturated carbocycles. The number of benzene rings is 1. The van der Waals surface area contributed by atoms with E-state index in [4.69, 9.17) is 6.42 Å². The lowest BCUT2D eigenvalue weighted by atomic mass is 10.1. The molecule has 0 radical (unpaired) electrons. The van der Waals surface area contributed by atoms with Crippen LogP contribution in [0.15, 0.2) is 18.2 Å². The molecular formula is C13H13F2NOS. The van der Waals surface area contributed by atoms with Crippen molar-refractivity contribution in [2.45, 2.75) is 12.2 Å². The summed E-state index contributed by atoms with van der Waals surface area (Å²) in [7, 11) is 0. The van der Waals surface area contributed by atoms with Crippen molar-refractivity contribution in [3.05, 3.63) is 35.4 Å². The first-order valence-electron chi connectivity index (χ1n) is 5.32. The molecule has 0 aliphatic carbocycles. The Morgan fingerprint density at radius 3 is 2.67 bits per heavy atom. The Labute approximate surface area is 109 Å². The fraction of sp³-hybridized carbons (Fsp3) is 0.308. The minimum Gasteiger partial charge on any atom is -0.344 e. The van der Waals surface area contributed by atoms with Gasteiger partial charge in [-0.2, -0.15) is 0 Å². The van der Waals surface area contributed by atoms with Crippen LogP contribution in [0.2, 0.25) is 0 Å². The van der Waals surface area contributed by atoms with E-state index in [9.17, 15) is 13.6 Å². The van der Waals surface area contributed by atoms with E-state index in [1.54, 1.807) is 6.92 Å². The fourth-order valence-electron chi connectivity index (χ4n) is 1.38. The highest BCUT2D eigenvalue weighted by molar-refractivity contribution is 8.00. The van der Waals surface area contributed by atoms with Gasteiger partial charge in [0, 0.05) is 10.8 Å². The second-order valence-corrected chi connectivity index (χ2v) is 4.90. The van der Waals surface area contributed by atoms with E-state index in [0.717, 1.165) is 11.8 Å². The van der Waals surface area contributed by atoms with Gasteiger partial charge in [-0.25, -0.2) is 8.78 Å². The van der Waals surface area contributed by atoms with Crippen molar-refractivity contribution in [1.29, 1.82) is 0 Å². The van der Waals surface area contributed by atoms with Crippen molar-refractivity contribution in [2.75, 3.05) is 12.3 Å². The predicted molar refractivity (Wildman–Crippen MR) is 69.1 cm³/mol. The summed E-state index contributed by atoms with van der Waals surface area (Å²) < 4.78 is 26.9. The highest BCUT2D eigenvalue weighted by Crippen LogP contribution is 2.31. The minimum absolute atomic E-state index is 0.00718. The Kier molecular flexibility index (Phi) is 5.66. The maximum Gasteiger partial charge on any atom is 0.230 e. The first-order chi connectivity index (χ1) is 8.56. The summed E-state index contributed by atoms with van der Waals surface area (Å²) in [5, 5.41) is 2.04. The van der Waals surface area contributed by atoms with Crippen molar-refractivity contribution in [2.24, 2.45) is 0 Å². The number of amides is 1. The number of terminal acetylenes is 1. The molecule has 0 unspecified atom stereocenters. The highest BCUT2D eigenvalue weighted by Gasteiger charge is 2.17. The molecule has 0 saturated heterocycles. The molecule has 0 aliphatic rings. The van der Waals surface area contributed by atoms with Gasteiger partial charge in [0.05, 0.1) is 12.3 Å². The summed E-state index contributed by atoms with van der Waals surface area (Å²) in [6.07, 6.45) is 4.99. The summed E-state index contributed by atoms with van der Waals surface area (Å²) in [5.41, 5.74) is -0.00718. The zero-order chi connectivity index (χ0) is 13.5. The fourth-order valence-corrected chi connectivity index (χ4v) is 2.28. The van der Waals surface area contributed by atoms with Gasteiger partial charge >= 0.3 is 0 Å². The number of carbonyl (C=O) groups is 1. The van der Waals surface area contributed by atoms with Crippen LogP contribution in [0.3, 0.4) is 0 Å². The van der Waals surface area contributed by atoms with Crippen LogP contribution in [0.1, 0.15) is 17.7 Å². The van der Waals surface area contributed by atoms with Crippen LogP contribution in [-0.2, 0) is 4.79 Å². The van der Waals surface area contributed by atoms with Gasteiger partial charge in [0.2, 0.25) is 5.91 Å². The van der Waals surface area contributed by atoms with Crippen LogP contribution in [-0.4, -0.2) is 18.2 Å². The Morgan fingerprint density at radius 1 is 1.50 bits per heavy atom. The number of rotatable bonds is 5. The van der Waals surface area contributed by atoms with Crippen LogP contribution in [0.5, 0.6) is 0 Å². The van der Waals surface area contributed by atoms with E-state index in [0.29, 0.717) is 0 Å². The standard InChI is InChI=1S/C13H13F2NOS/c1-3-7-16-12(17)8-18-9(2)13-10(14)5-4-6-11(13)15/h1,4-6,9H,7-8H2,2H3,(H,16,17)/t9-/m0/s1. The second kappa shape index (κ2) is 7.02. The lowest BCUT2D eigenvalue weighted by Gasteiger charge is -2.13. The third-order valence-corrected chi connectivity index (χ3v) is 3.42. The lowest BCUT2D eigenvalue weighted by Crippen LogP contribution is -2.25. The molecule has 1 atom stereocenters. The van der Waals surface area contributed by atoms with E-state index >= 15 is 0 Å². The van der Waals surface area contributed by atoms with E-state index in [-0.39, 0.29) is 23.8 Å². The molecule has 1 N–H and O–H groups in total. The Balaban J connectivity index is 2.58. The summed E-state index contributed by atoms with van der Waals surface area (Å²) >= 11 is 1.16. The molecule has 0 aromatic heterocycles. The molecule has 2 nitrogen and oxygen atoms in total. The van der Waals surface area contributed by atoms with Crippen molar-refractivity contribution in [3.8, 4) is 12.3 Å². The molecule has 1 amide bonds. The van der Waals surface area contributed by atoms with Gasteiger partial charge in [-0.3, -0.25) is 4.79 Å². The summed E-state index contributed by atoms with van der Waals surface area (Å²) in [5.74, 6) is 0.938. The molecule has 0 heterocycles. The normalized spacial score (nSPS) is 11.7. The zero-order valence-electron chi connectivity index (χ0n) is 9.87. The molecule has 0 fully saturated rings. The Morgan fingerprint density at radius 2 is 2.11 bits per heavy atom. The molecule has 96 valence electrons. The first-order valence-corrected chi connectivity index (χ1v) is 6.36. The van der Waals surface area contributed by atoms with Gasteiger partial charge in [-0.1, -0.05) is 12.0 Å². The van der Waals surface area contributed by atoms with Crippen molar-refractivity contribution < 1.29 is 13.6 Å². The number of nitrogens with one attached hydrogen (secondary N) is 1. The largest absolute Gasteiger partial charge is 0.344 e. The summed E-state index contributed by atoms with van der Waals surface area (Å²) in [6.45, 7) is 1.81. The maximum absolute atomic E-state index is 13.4. The first kappa shape index (κ1) is 14.5. The molecular weight excluding hydrogens is 256 g/mol. The van der Waals surface area contributed by atoms with Crippen molar-refractivity contribution in [1.82, 2.24) is 5.32 Å². The number of carbonyl (C=O) groups excluding carboxylic acids is 1.